The van der Waals surface area contributed by atoms with Crippen molar-refractivity contribution >= 4 is 12.4 Å². The molecule has 66 valence electrons. The van der Waals surface area contributed by atoms with E-state index in [0.717, 1.165) is 19.1 Å². The van der Waals surface area contributed by atoms with E-state index in [0.29, 0.717) is 0 Å². The first kappa shape index (κ1) is 9.30. The van der Waals surface area contributed by atoms with E-state index in [9.17, 15) is 0 Å². The number of nitrogens with two attached hydrogens (primary N) is 1. The Morgan fingerprint density at radius 3 is 2.27 bits per heavy atom. The molecular weight excluding hydrogens is 162 g/mol. The van der Waals surface area contributed by atoms with Crippen LogP contribution in [0.25, 0.3) is 0 Å². The molecule has 0 aromatic carbocycles. The lowest BCUT2D eigenvalue weighted by molar-refractivity contribution is -0.137. The van der Waals surface area contributed by atoms with Crippen LogP contribution >= 0.6 is 12.4 Å². The third-order valence-corrected chi connectivity index (χ3v) is 3.01. The lowest BCUT2D eigenvalue weighted by atomic mass is 9.76. The molecule has 3 fully saturated rings. The van der Waals surface area contributed by atoms with Gasteiger partial charge in [0, 0.05) is 6.54 Å². The van der Waals surface area contributed by atoms with E-state index >= 15 is 0 Å². The van der Waals surface area contributed by atoms with E-state index < -0.39 is 0 Å². The van der Waals surface area contributed by atoms with Crippen LogP contribution in [0.2, 0.25) is 0 Å². The van der Waals surface area contributed by atoms with Crippen molar-refractivity contribution in [2.75, 3.05) is 13.2 Å². The molecule has 1 saturated carbocycles. The molecule has 2 bridgehead atoms. The van der Waals surface area contributed by atoms with Gasteiger partial charge in [0.1, 0.15) is 0 Å². The molecule has 2 N–H and O–H groups in total. The summed E-state index contributed by atoms with van der Waals surface area (Å²) in [6.07, 6.45) is 5.09. The lowest BCUT2D eigenvalue weighted by Crippen LogP contribution is -2.49. The van der Waals surface area contributed by atoms with Crippen molar-refractivity contribution < 1.29 is 4.74 Å². The van der Waals surface area contributed by atoms with Gasteiger partial charge in [0.2, 0.25) is 0 Å². The average Bonchev–Trinajstić information content (AvgIpc) is 2.08. The van der Waals surface area contributed by atoms with E-state index in [1.165, 1.54) is 25.7 Å². The third kappa shape index (κ3) is 1.53. The Hall–Kier alpha value is 0.210. The normalized spacial score (nSPS) is 41.7. The minimum atomic E-state index is 0. The highest BCUT2D eigenvalue weighted by molar-refractivity contribution is 5.85. The highest BCUT2D eigenvalue weighted by atomic mass is 35.5. The SMILES string of the molecule is Cl.NCC12CCC(CC1)CO2. The smallest absolute Gasteiger partial charge is 0.0804 e. The third-order valence-electron chi connectivity index (χ3n) is 3.01. The van der Waals surface area contributed by atoms with E-state index in [1.807, 2.05) is 0 Å². The van der Waals surface area contributed by atoms with Crippen molar-refractivity contribution in [1.82, 2.24) is 0 Å². The zero-order chi connectivity index (χ0) is 7.03. The molecule has 3 aliphatic rings. The molecule has 0 radical (unpaired) electrons. The van der Waals surface area contributed by atoms with Crippen molar-refractivity contribution in [2.24, 2.45) is 11.7 Å². The minimum Gasteiger partial charge on any atom is -0.373 e. The lowest BCUT2D eigenvalue weighted by Gasteiger charge is -2.45. The van der Waals surface area contributed by atoms with Crippen molar-refractivity contribution in [3.8, 4) is 0 Å². The van der Waals surface area contributed by atoms with Crippen molar-refractivity contribution in [3.05, 3.63) is 0 Å². The maximum absolute atomic E-state index is 5.69. The van der Waals surface area contributed by atoms with E-state index in [4.69, 9.17) is 10.5 Å². The Labute approximate surface area is 73.9 Å². The molecule has 1 aliphatic carbocycles. The van der Waals surface area contributed by atoms with Gasteiger partial charge in [-0.25, -0.2) is 0 Å². The maximum atomic E-state index is 5.69. The molecular formula is C8H16ClNO. The second-order valence-corrected chi connectivity index (χ2v) is 3.64. The van der Waals surface area contributed by atoms with Crippen molar-refractivity contribution in [1.29, 1.82) is 0 Å². The fourth-order valence-electron chi connectivity index (χ4n) is 2.07. The summed E-state index contributed by atoms with van der Waals surface area (Å²) >= 11 is 0. The monoisotopic (exact) mass is 177 g/mol. The van der Waals surface area contributed by atoms with Gasteiger partial charge in [0.15, 0.2) is 0 Å². The first-order valence-electron chi connectivity index (χ1n) is 4.19. The number of hydrogen-bond acceptors (Lipinski definition) is 2. The quantitative estimate of drug-likeness (QED) is 0.656. The summed E-state index contributed by atoms with van der Waals surface area (Å²) in [5.74, 6) is 0.855. The van der Waals surface area contributed by atoms with Crippen LogP contribution < -0.4 is 5.73 Å². The summed E-state index contributed by atoms with van der Waals surface area (Å²) in [4.78, 5) is 0. The number of fused-ring (bicyclic) bond motifs is 3. The fraction of sp³-hybridized carbons (Fsp3) is 1.00. The number of ether oxygens (including phenoxy) is 1. The Morgan fingerprint density at radius 2 is 2.00 bits per heavy atom. The van der Waals surface area contributed by atoms with Gasteiger partial charge in [-0.3, -0.25) is 0 Å². The van der Waals surface area contributed by atoms with Gasteiger partial charge in [0.05, 0.1) is 12.2 Å². The van der Waals surface area contributed by atoms with Crippen LogP contribution in [0.1, 0.15) is 25.7 Å². The molecule has 3 heteroatoms. The highest BCUT2D eigenvalue weighted by Crippen LogP contribution is 2.39. The van der Waals surface area contributed by atoms with E-state index in [-0.39, 0.29) is 18.0 Å². The van der Waals surface area contributed by atoms with Gasteiger partial charge in [-0.2, -0.15) is 0 Å². The molecule has 0 atom stereocenters. The summed E-state index contributed by atoms with van der Waals surface area (Å²) in [7, 11) is 0. The van der Waals surface area contributed by atoms with Gasteiger partial charge in [-0.05, 0) is 31.6 Å². The Bertz CT molecular complexity index is 118. The van der Waals surface area contributed by atoms with Crippen molar-refractivity contribution in [3.63, 3.8) is 0 Å². The summed E-state index contributed by atoms with van der Waals surface area (Å²) in [5.41, 5.74) is 5.75. The van der Waals surface area contributed by atoms with E-state index in [1.54, 1.807) is 0 Å². The molecule has 2 heterocycles. The predicted molar refractivity (Wildman–Crippen MR) is 46.9 cm³/mol. The average molecular weight is 178 g/mol. The minimum absolute atomic E-state index is 0. The number of hydrogen-bond donors (Lipinski definition) is 1. The van der Waals surface area contributed by atoms with Crippen LogP contribution in [0.15, 0.2) is 0 Å². The molecule has 0 aromatic rings. The molecule has 2 nitrogen and oxygen atoms in total. The zero-order valence-corrected chi connectivity index (χ0v) is 7.53. The highest BCUT2D eigenvalue weighted by Gasteiger charge is 2.40. The second kappa shape index (κ2) is 3.30. The Kier molecular flexibility index (Phi) is 2.79. The van der Waals surface area contributed by atoms with Gasteiger partial charge in [-0.15, -0.1) is 12.4 Å². The molecule has 0 spiro atoms. The van der Waals surface area contributed by atoms with E-state index in [2.05, 4.69) is 0 Å². The summed E-state index contributed by atoms with van der Waals surface area (Å²) in [6.45, 7) is 1.69. The predicted octanol–water partition coefficient (Wildman–Crippen LogP) is 1.33. The summed E-state index contributed by atoms with van der Waals surface area (Å²) in [5, 5.41) is 0. The fourth-order valence-corrected chi connectivity index (χ4v) is 2.07. The summed E-state index contributed by atoms with van der Waals surface area (Å²) in [6, 6.07) is 0. The Morgan fingerprint density at radius 1 is 1.36 bits per heavy atom. The molecule has 11 heavy (non-hydrogen) atoms. The van der Waals surface area contributed by atoms with Gasteiger partial charge < -0.3 is 10.5 Å². The van der Waals surface area contributed by atoms with Crippen LogP contribution in [0.3, 0.4) is 0 Å². The molecule has 2 saturated heterocycles. The summed E-state index contributed by atoms with van der Waals surface area (Å²) < 4.78 is 5.69. The van der Waals surface area contributed by atoms with Crippen LogP contribution in [0, 0.1) is 5.92 Å². The Balaban J connectivity index is 0.000000605. The molecule has 0 aromatic heterocycles. The zero-order valence-electron chi connectivity index (χ0n) is 6.71. The first-order valence-corrected chi connectivity index (χ1v) is 4.19. The number of halogens is 1. The van der Waals surface area contributed by atoms with Crippen LogP contribution in [0.5, 0.6) is 0 Å². The van der Waals surface area contributed by atoms with Gasteiger partial charge in [-0.1, -0.05) is 0 Å². The van der Waals surface area contributed by atoms with Crippen LogP contribution in [0.4, 0.5) is 0 Å². The first-order chi connectivity index (χ1) is 4.85. The van der Waals surface area contributed by atoms with Crippen molar-refractivity contribution in [2.45, 2.75) is 31.3 Å². The largest absolute Gasteiger partial charge is 0.373 e. The second-order valence-electron chi connectivity index (χ2n) is 3.64. The molecule has 2 aliphatic heterocycles. The van der Waals surface area contributed by atoms with Crippen LogP contribution in [-0.2, 0) is 4.74 Å². The standard InChI is InChI=1S/C8H15NO.ClH/c9-6-8-3-1-7(2-4-8)5-10-8;/h7H,1-6,9H2;1H. The van der Waals surface area contributed by atoms with Gasteiger partial charge in [0.25, 0.3) is 0 Å². The molecule has 3 rings (SSSR count). The molecule has 0 amide bonds. The van der Waals surface area contributed by atoms with Gasteiger partial charge >= 0.3 is 0 Å². The topological polar surface area (TPSA) is 35.2 Å². The maximum Gasteiger partial charge on any atom is 0.0804 e. The molecule has 0 unspecified atom stereocenters. The van der Waals surface area contributed by atoms with Crippen LogP contribution in [-0.4, -0.2) is 18.8 Å². The number of rotatable bonds is 1.